The van der Waals surface area contributed by atoms with Gasteiger partial charge in [0.1, 0.15) is 12.4 Å². The highest BCUT2D eigenvalue weighted by molar-refractivity contribution is 5.32. The van der Waals surface area contributed by atoms with Crippen molar-refractivity contribution < 1.29 is 9.47 Å². The zero-order valence-electron chi connectivity index (χ0n) is 10.3. The molecule has 0 aromatic carbocycles. The first-order chi connectivity index (χ1) is 7.69. The van der Waals surface area contributed by atoms with Crippen molar-refractivity contribution >= 4 is 0 Å². The summed E-state index contributed by atoms with van der Waals surface area (Å²) >= 11 is 0. The molecule has 0 spiro atoms. The van der Waals surface area contributed by atoms with E-state index < -0.39 is 0 Å². The Morgan fingerprint density at radius 1 is 1.38 bits per heavy atom. The Balaban J connectivity index is 2.76. The summed E-state index contributed by atoms with van der Waals surface area (Å²) in [7, 11) is 1.89. The normalized spacial score (nSPS) is 12.2. The van der Waals surface area contributed by atoms with E-state index in [4.69, 9.17) is 9.47 Å². The molecule has 1 aromatic heterocycles. The maximum absolute atomic E-state index is 5.68. The van der Waals surface area contributed by atoms with E-state index in [2.05, 4.69) is 15.3 Å². The average molecular weight is 225 g/mol. The molecule has 1 heterocycles. The number of aromatic nitrogens is 2. The summed E-state index contributed by atoms with van der Waals surface area (Å²) in [6, 6.07) is 0. The molecule has 16 heavy (non-hydrogen) atoms. The number of nitrogens with one attached hydrogen (secondary N) is 1. The van der Waals surface area contributed by atoms with E-state index in [1.165, 1.54) is 6.33 Å². The fourth-order valence-corrected chi connectivity index (χ4v) is 1.34. The van der Waals surface area contributed by atoms with Gasteiger partial charge in [-0.1, -0.05) is 0 Å². The van der Waals surface area contributed by atoms with Crippen molar-refractivity contribution in [1.29, 1.82) is 0 Å². The van der Waals surface area contributed by atoms with Crippen molar-refractivity contribution in [3.63, 3.8) is 0 Å². The van der Waals surface area contributed by atoms with E-state index in [0.29, 0.717) is 18.4 Å². The van der Waals surface area contributed by atoms with Gasteiger partial charge in [-0.25, -0.2) is 9.97 Å². The van der Waals surface area contributed by atoms with Gasteiger partial charge < -0.3 is 14.8 Å². The zero-order chi connectivity index (χ0) is 12.0. The summed E-state index contributed by atoms with van der Waals surface area (Å²) < 4.78 is 11.1. The van der Waals surface area contributed by atoms with Crippen molar-refractivity contribution in [1.82, 2.24) is 15.3 Å². The maximum atomic E-state index is 5.68. The Hall–Kier alpha value is -1.36. The molecule has 5 nitrogen and oxygen atoms in total. The number of ether oxygens (including phenoxy) is 2. The summed E-state index contributed by atoms with van der Waals surface area (Å²) in [4.78, 5) is 8.16. The summed E-state index contributed by atoms with van der Waals surface area (Å²) in [6.45, 7) is 7.16. The number of hydrogen-bond acceptors (Lipinski definition) is 5. The van der Waals surface area contributed by atoms with Crippen molar-refractivity contribution in [3.8, 4) is 11.8 Å². The first kappa shape index (κ1) is 12.7. The fourth-order valence-electron chi connectivity index (χ4n) is 1.34. The Bertz CT molecular complexity index is 331. The molecule has 0 saturated heterocycles. The number of rotatable bonds is 6. The lowest BCUT2D eigenvalue weighted by atomic mass is 10.3. The highest BCUT2D eigenvalue weighted by Crippen LogP contribution is 2.22. The Morgan fingerprint density at radius 2 is 2.06 bits per heavy atom. The molecule has 0 radical (unpaired) electrons. The molecule has 0 amide bonds. The van der Waals surface area contributed by atoms with Crippen molar-refractivity contribution in [2.75, 3.05) is 20.2 Å². The van der Waals surface area contributed by atoms with Crippen LogP contribution in [-0.4, -0.2) is 36.3 Å². The summed E-state index contributed by atoms with van der Waals surface area (Å²) in [5.41, 5.74) is 0.840. The highest BCUT2D eigenvalue weighted by atomic mass is 16.5. The Morgan fingerprint density at radius 3 is 2.69 bits per heavy atom. The minimum absolute atomic E-state index is 0.0630. The van der Waals surface area contributed by atoms with Crippen LogP contribution in [0, 0.1) is 6.92 Å². The zero-order valence-corrected chi connectivity index (χ0v) is 10.3. The molecule has 0 saturated carbocycles. The first-order valence-electron chi connectivity index (χ1n) is 5.44. The molecule has 1 rings (SSSR count). The number of nitrogens with zero attached hydrogens (tertiary/aromatic N) is 2. The van der Waals surface area contributed by atoms with Crippen LogP contribution < -0.4 is 14.8 Å². The van der Waals surface area contributed by atoms with Gasteiger partial charge in [0.25, 0.3) is 0 Å². The van der Waals surface area contributed by atoms with Gasteiger partial charge in [-0.2, -0.15) is 0 Å². The molecule has 1 atom stereocenters. The summed E-state index contributed by atoms with van der Waals surface area (Å²) in [6.07, 6.45) is 1.52. The summed E-state index contributed by atoms with van der Waals surface area (Å²) in [5.74, 6) is 1.17. The Kier molecular flexibility index (Phi) is 4.98. The molecule has 1 unspecified atom stereocenters. The second kappa shape index (κ2) is 6.27. The third-order valence-corrected chi connectivity index (χ3v) is 2.08. The van der Waals surface area contributed by atoms with Crippen LogP contribution >= 0.6 is 0 Å². The second-order valence-electron chi connectivity index (χ2n) is 3.53. The van der Waals surface area contributed by atoms with Crippen molar-refractivity contribution in [2.45, 2.75) is 26.9 Å². The molecule has 0 bridgehead atoms. The third kappa shape index (κ3) is 3.34. The minimum Gasteiger partial charge on any atom is -0.478 e. The predicted molar refractivity (Wildman–Crippen MR) is 62.0 cm³/mol. The molecule has 0 aliphatic rings. The molecular weight excluding hydrogens is 206 g/mol. The molecule has 0 fully saturated rings. The van der Waals surface area contributed by atoms with Gasteiger partial charge in [0, 0.05) is 6.54 Å². The molecule has 0 aliphatic carbocycles. The van der Waals surface area contributed by atoms with Crippen LogP contribution in [-0.2, 0) is 0 Å². The molecule has 1 aromatic rings. The van der Waals surface area contributed by atoms with Crippen LogP contribution in [0.3, 0.4) is 0 Å². The molecular formula is C11H19N3O2. The lowest BCUT2D eigenvalue weighted by Crippen LogP contribution is -2.26. The topological polar surface area (TPSA) is 56.3 Å². The van der Waals surface area contributed by atoms with Gasteiger partial charge in [0.15, 0.2) is 0 Å². The van der Waals surface area contributed by atoms with Gasteiger partial charge in [-0.05, 0) is 27.8 Å². The third-order valence-electron chi connectivity index (χ3n) is 2.08. The van der Waals surface area contributed by atoms with Gasteiger partial charge in [0.2, 0.25) is 11.8 Å². The van der Waals surface area contributed by atoms with Crippen LogP contribution in [0.5, 0.6) is 11.8 Å². The van der Waals surface area contributed by atoms with E-state index in [1.807, 2.05) is 27.8 Å². The van der Waals surface area contributed by atoms with Gasteiger partial charge in [0.05, 0.1) is 12.2 Å². The molecule has 0 aliphatic heterocycles. The smallest absolute Gasteiger partial charge is 0.223 e. The van der Waals surface area contributed by atoms with Crippen LogP contribution in [0.15, 0.2) is 6.33 Å². The van der Waals surface area contributed by atoms with E-state index in [1.54, 1.807) is 0 Å². The van der Waals surface area contributed by atoms with Crippen LogP contribution in [0.1, 0.15) is 19.4 Å². The van der Waals surface area contributed by atoms with Crippen LogP contribution in [0.4, 0.5) is 0 Å². The monoisotopic (exact) mass is 225 g/mol. The SMILES string of the molecule is CCOc1ncnc(OC(C)CNC)c1C. The van der Waals surface area contributed by atoms with E-state index in [-0.39, 0.29) is 6.10 Å². The average Bonchev–Trinajstić information content (AvgIpc) is 2.24. The van der Waals surface area contributed by atoms with Gasteiger partial charge in [-0.15, -0.1) is 0 Å². The van der Waals surface area contributed by atoms with Crippen molar-refractivity contribution in [2.24, 2.45) is 0 Å². The number of hydrogen-bond donors (Lipinski definition) is 1. The lowest BCUT2D eigenvalue weighted by molar-refractivity contribution is 0.207. The first-order valence-corrected chi connectivity index (χ1v) is 5.44. The second-order valence-corrected chi connectivity index (χ2v) is 3.53. The van der Waals surface area contributed by atoms with Gasteiger partial charge in [-0.3, -0.25) is 0 Å². The minimum atomic E-state index is 0.0630. The van der Waals surface area contributed by atoms with E-state index in [9.17, 15) is 0 Å². The molecule has 90 valence electrons. The molecule has 1 N–H and O–H groups in total. The number of likely N-dealkylation sites (N-methyl/N-ethyl adjacent to an activating group) is 1. The van der Waals surface area contributed by atoms with Crippen molar-refractivity contribution in [3.05, 3.63) is 11.9 Å². The van der Waals surface area contributed by atoms with E-state index >= 15 is 0 Å². The molecule has 5 heteroatoms. The quantitative estimate of drug-likeness (QED) is 0.787. The summed E-state index contributed by atoms with van der Waals surface area (Å²) in [5, 5.41) is 3.05. The lowest BCUT2D eigenvalue weighted by Gasteiger charge is -2.15. The largest absolute Gasteiger partial charge is 0.478 e. The van der Waals surface area contributed by atoms with Gasteiger partial charge >= 0.3 is 0 Å². The van der Waals surface area contributed by atoms with E-state index in [0.717, 1.165) is 12.1 Å². The van der Waals surface area contributed by atoms with Crippen LogP contribution in [0.2, 0.25) is 0 Å². The van der Waals surface area contributed by atoms with Crippen LogP contribution in [0.25, 0.3) is 0 Å². The standard InChI is InChI=1S/C11H19N3O2/c1-5-15-10-9(3)11(14-7-13-10)16-8(2)6-12-4/h7-8,12H,5-6H2,1-4H3. The Labute approximate surface area is 96.2 Å². The fraction of sp³-hybridized carbons (Fsp3) is 0.636. The maximum Gasteiger partial charge on any atom is 0.223 e. The predicted octanol–water partition coefficient (Wildman–Crippen LogP) is 1.17. The highest BCUT2D eigenvalue weighted by Gasteiger charge is 2.11.